The van der Waals surface area contributed by atoms with Crippen molar-refractivity contribution >= 4 is 42.7 Å². The van der Waals surface area contributed by atoms with E-state index in [1.165, 1.54) is 4.90 Å². The molecule has 0 unspecified atom stereocenters. The van der Waals surface area contributed by atoms with Gasteiger partial charge >= 0.3 is 6.09 Å². The second-order valence-electron chi connectivity index (χ2n) is 12.1. The molecule has 4 rings (SSSR count). The van der Waals surface area contributed by atoms with E-state index in [9.17, 15) is 9.59 Å². The Balaban J connectivity index is 1.65. The smallest absolute Gasteiger partial charge is 0.415 e. The van der Waals surface area contributed by atoms with Crippen LogP contribution in [0.5, 0.6) is 0 Å². The molecular formula is C28H39N5O4Si. The number of aromatic nitrogens is 3. The van der Waals surface area contributed by atoms with Crippen LogP contribution in [0.3, 0.4) is 0 Å². The summed E-state index contributed by atoms with van der Waals surface area (Å²) in [4.78, 5) is 35.9. The van der Waals surface area contributed by atoms with Crippen LogP contribution in [0.2, 0.25) is 25.7 Å². The number of hydrogen-bond donors (Lipinski definition) is 1. The van der Waals surface area contributed by atoms with Crippen molar-refractivity contribution in [2.45, 2.75) is 71.6 Å². The number of carbonyl (C=O) groups is 2. The monoisotopic (exact) mass is 537 g/mol. The van der Waals surface area contributed by atoms with Crippen molar-refractivity contribution in [2.75, 3.05) is 23.9 Å². The lowest BCUT2D eigenvalue weighted by atomic mass is 10.1. The Bertz CT molecular complexity index is 1320. The summed E-state index contributed by atoms with van der Waals surface area (Å²) in [5.74, 6) is 1.11. The Kier molecular flexibility index (Phi) is 7.94. The van der Waals surface area contributed by atoms with Crippen molar-refractivity contribution in [3.8, 4) is 11.3 Å². The average molecular weight is 538 g/mol. The van der Waals surface area contributed by atoms with Crippen LogP contribution in [0.1, 0.15) is 33.6 Å². The maximum absolute atomic E-state index is 12.6. The topological polar surface area (TPSA) is 98.6 Å². The fraction of sp³-hybridized carbons (Fsp3) is 0.500. The predicted molar refractivity (Wildman–Crippen MR) is 153 cm³/mol. The largest absolute Gasteiger partial charge is 0.443 e. The van der Waals surface area contributed by atoms with E-state index >= 15 is 0 Å². The van der Waals surface area contributed by atoms with Crippen molar-refractivity contribution < 1.29 is 19.1 Å². The Morgan fingerprint density at radius 2 is 1.87 bits per heavy atom. The van der Waals surface area contributed by atoms with E-state index < -0.39 is 19.8 Å². The number of nitrogens with zero attached hydrogens (tertiary/aromatic N) is 4. The number of carbonyl (C=O) groups excluding carboxylic acids is 2. The Morgan fingerprint density at radius 3 is 2.53 bits per heavy atom. The molecule has 1 fully saturated rings. The SMILES string of the molecule is CN(C(=O)OC(C)(C)C)c1cccc(-c2cn(COCC[Si](C)(C)C)c3nc(NC(=O)C4CC4)ccc23)n1. The molecule has 3 aromatic rings. The van der Waals surface area contributed by atoms with Gasteiger partial charge in [0.1, 0.15) is 29.6 Å². The first-order valence-corrected chi connectivity index (χ1v) is 16.8. The summed E-state index contributed by atoms with van der Waals surface area (Å²) in [6, 6.07) is 10.4. The third kappa shape index (κ3) is 7.20. The molecule has 3 aromatic heterocycles. The van der Waals surface area contributed by atoms with Gasteiger partial charge in [0.15, 0.2) is 0 Å². The number of nitrogens with one attached hydrogen (secondary N) is 1. The molecule has 0 atom stereocenters. The first kappa shape index (κ1) is 27.8. The van der Waals surface area contributed by atoms with Gasteiger partial charge in [-0.05, 0) is 63.9 Å². The fourth-order valence-electron chi connectivity index (χ4n) is 3.84. The summed E-state index contributed by atoms with van der Waals surface area (Å²) in [6.07, 6.45) is 3.36. The fourth-order valence-corrected chi connectivity index (χ4v) is 4.59. The first-order valence-electron chi connectivity index (χ1n) is 13.1. The highest BCUT2D eigenvalue weighted by molar-refractivity contribution is 6.76. The van der Waals surface area contributed by atoms with Crippen molar-refractivity contribution in [1.82, 2.24) is 14.5 Å². The second-order valence-corrected chi connectivity index (χ2v) is 17.7. The van der Waals surface area contributed by atoms with E-state index in [0.29, 0.717) is 36.3 Å². The molecule has 3 heterocycles. The normalized spacial score (nSPS) is 14.0. The van der Waals surface area contributed by atoms with E-state index in [0.717, 1.165) is 29.8 Å². The predicted octanol–water partition coefficient (Wildman–Crippen LogP) is 6.13. The zero-order valence-corrected chi connectivity index (χ0v) is 24.5. The van der Waals surface area contributed by atoms with Crippen LogP contribution in [-0.4, -0.2) is 53.9 Å². The zero-order chi connectivity index (χ0) is 27.7. The number of amides is 2. The van der Waals surface area contributed by atoms with Crippen LogP contribution >= 0.6 is 0 Å². The number of fused-ring (bicyclic) bond motifs is 1. The highest BCUT2D eigenvalue weighted by Gasteiger charge is 2.30. The lowest BCUT2D eigenvalue weighted by Crippen LogP contribution is -2.34. The molecule has 9 nitrogen and oxygen atoms in total. The van der Waals surface area contributed by atoms with Crippen LogP contribution in [0, 0.1) is 5.92 Å². The minimum atomic E-state index is -1.22. The molecule has 10 heteroatoms. The van der Waals surface area contributed by atoms with Crippen LogP contribution < -0.4 is 10.2 Å². The van der Waals surface area contributed by atoms with Gasteiger partial charge in [-0.25, -0.2) is 14.8 Å². The quantitative estimate of drug-likeness (QED) is 0.260. The molecule has 2 amide bonds. The average Bonchev–Trinajstić information content (AvgIpc) is 3.62. The number of hydrogen-bond acceptors (Lipinski definition) is 6. The molecule has 1 saturated carbocycles. The van der Waals surface area contributed by atoms with Crippen LogP contribution in [-0.2, 0) is 21.0 Å². The van der Waals surface area contributed by atoms with Gasteiger partial charge < -0.3 is 19.4 Å². The van der Waals surface area contributed by atoms with Gasteiger partial charge in [0.2, 0.25) is 5.91 Å². The van der Waals surface area contributed by atoms with E-state index in [1.807, 2.05) is 55.8 Å². The zero-order valence-electron chi connectivity index (χ0n) is 23.5. The summed E-state index contributed by atoms with van der Waals surface area (Å²) in [5, 5.41) is 3.82. The van der Waals surface area contributed by atoms with Crippen LogP contribution in [0.4, 0.5) is 16.4 Å². The van der Waals surface area contributed by atoms with Gasteiger partial charge in [-0.15, -0.1) is 0 Å². The molecule has 1 aliphatic carbocycles. The van der Waals surface area contributed by atoms with Crippen molar-refractivity contribution in [3.05, 3.63) is 36.5 Å². The lowest BCUT2D eigenvalue weighted by Gasteiger charge is -2.24. The molecule has 0 aromatic carbocycles. The lowest BCUT2D eigenvalue weighted by molar-refractivity contribution is -0.117. The van der Waals surface area contributed by atoms with Gasteiger partial charge in [-0.1, -0.05) is 25.7 Å². The van der Waals surface area contributed by atoms with E-state index in [-0.39, 0.29) is 11.8 Å². The minimum Gasteiger partial charge on any atom is -0.443 e. The molecule has 1 aliphatic rings. The van der Waals surface area contributed by atoms with Crippen molar-refractivity contribution in [3.63, 3.8) is 0 Å². The Hall–Kier alpha value is -3.24. The number of rotatable bonds is 9. The Labute approximate surface area is 225 Å². The maximum atomic E-state index is 12.6. The molecule has 0 spiro atoms. The minimum absolute atomic E-state index is 0.0149. The van der Waals surface area contributed by atoms with Crippen LogP contribution in [0.15, 0.2) is 36.5 Å². The van der Waals surface area contributed by atoms with E-state index in [2.05, 4.69) is 25.0 Å². The summed E-state index contributed by atoms with van der Waals surface area (Å²) < 4.78 is 13.5. The van der Waals surface area contributed by atoms with Crippen molar-refractivity contribution in [1.29, 1.82) is 0 Å². The summed E-state index contributed by atoms with van der Waals surface area (Å²) in [7, 11) is 0.425. The summed E-state index contributed by atoms with van der Waals surface area (Å²) >= 11 is 0. The molecule has 0 aliphatic heterocycles. The number of anilines is 2. The third-order valence-corrected chi connectivity index (χ3v) is 7.87. The molecule has 204 valence electrons. The van der Waals surface area contributed by atoms with Gasteiger partial charge in [0.25, 0.3) is 0 Å². The Morgan fingerprint density at radius 1 is 1.13 bits per heavy atom. The second kappa shape index (κ2) is 10.9. The maximum Gasteiger partial charge on any atom is 0.415 e. The van der Waals surface area contributed by atoms with Crippen LogP contribution in [0.25, 0.3) is 22.3 Å². The standard InChI is InChI=1S/C28H39N5O4Si/c1-28(2,3)37-27(35)32(4)24-10-8-9-22(29-24)21-17-33(18-36-15-16-38(5,6)7)25-20(21)13-14-23(30-25)31-26(34)19-11-12-19/h8-10,13-14,17,19H,11-12,15-16,18H2,1-7H3,(H,30,31,34). The van der Waals surface area contributed by atoms with Gasteiger partial charge in [-0.2, -0.15) is 0 Å². The third-order valence-electron chi connectivity index (χ3n) is 6.17. The molecule has 38 heavy (non-hydrogen) atoms. The van der Waals surface area contributed by atoms with Gasteiger partial charge in [0.05, 0.1) is 5.69 Å². The molecular weight excluding hydrogens is 498 g/mol. The van der Waals surface area contributed by atoms with E-state index in [1.54, 1.807) is 13.1 Å². The molecule has 0 saturated heterocycles. The summed E-state index contributed by atoms with van der Waals surface area (Å²) in [5.41, 5.74) is 1.65. The molecule has 0 radical (unpaired) electrons. The highest BCUT2D eigenvalue weighted by atomic mass is 28.3. The van der Waals surface area contributed by atoms with E-state index in [4.69, 9.17) is 19.4 Å². The van der Waals surface area contributed by atoms with Crippen molar-refractivity contribution in [2.24, 2.45) is 5.92 Å². The number of ether oxygens (including phenoxy) is 2. The van der Waals surface area contributed by atoms with Gasteiger partial charge in [0, 0.05) is 44.8 Å². The first-order chi connectivity index (χ1) is 17.8. The van der Waals surface area contributed by atoms with Gasteiger partial charge in [-0.3, -0.25) is 9.69 Å². The number of pyridine rings is 2. The molecule has 0 bridgehead atoms. The molecule has 1 N–H and O–H groups in total. The highest BCUT2D eigenvalue weighted by Crippen LogP contribution is 2.33. The summed E-state index contributed by atoms with van der Waals surface area (Å²) in [6.45, 7) is 13.5.